The third-order valence-electron chi connectivity index (χ3n) is 2.42. The van der Waals surface area contributed by atoms with Gasteiger partial charge in [0, 0.05) is 13.1 Å². The number of nitriles is 1. The minimum Gasteiger partial charge on any atom is -0.354 e. The fourth-order valence-electron chi connectivity index (χ4n) is 1.15. The molecule has 86 valence electrons. The quantitative estimate of drug-likeness (QED) is 0.708. The lowest BCUT2D eigenvalue weighted by Crippen LogP contribution is -2.37. The minimum atomic E-state index is -0.531. The SMILES string of the molecule is CCN(C)CCNC(=O)C(C#N)C(C)C. The molecule has 1 amide bonds. The number of carbonyl (C=O) groups is 1. The molecule has 1 N–H and O–H groups in total. The van der Waals surface area contributed by atoms with E-state index in [0.29, 0.717) is 6.54 Å². The Morgan fingerprint density at radius 3 is 2.53 bits per heavy atom. The van der Waals surface area contributed by atoms with Crippen molar-refractivity contribution in [3.05, 3.63) is 0 Å². The van der Waals surface area contributed by atoms with Gasteiger partial charge < -0.3 is 10.2 Å². The summed E-state index contributed by atoms with van der Waals surface area (Å²) in [5.41, 5.74) is 0. The van der Waals surface area contributed by atoms with Crippen LogP contribution >= 0.6 is 0 Å². The molecule has 0 bridgehead atoms. The Hall–Kier alpha value is -1.08. The Balaban J connectivity index is 3.88. The second kappa shape index (κ2) is 7.24. The molecule has 1 unspecified atom stereocenters. The molecule has 0 fully saturated rings. The monoisotopic (exact) mass is 211 g/mol. The van der Waals surface area contributed by atoms with Crippen molar-refractivity contribution in [2.45, 2.75) is 20.8 Å². The van der Waals surface area contributed by atoms with Gasteiger partial charge in [0.05, 0.1) is 6.07 Å². The molecular weight excluding hydrogens is 190 g/mol. The summed E-state index contributed by atoms with van der Waals surface area (Å²) in [5, 5.41) is 11.6. The highest BCUT2D eigenvalue weighted by Crippen LogP contribution is 2.08. The van der Waals surface area contributed by atoms with Crippen LogP contribution in [-0.4, -0.2) is 37.5 Å². The zero-order valence-electron chi connectivity index (χ0n) is 10.1. The van der Waals surface area contributed by atoms with Crippen LogP contribution in [0.1, 0.15) is 20.8 Å². The third kappa shape index (κ3) is 5.38. The van der Waals surface area contributed by atoms with Crippen LogP contribution in [-0.2, 0) is 4.79 Å². The number of amides is 1. The molecular formula is C11H21N3O. The van der Waals surface area contributed by atoms with E-state index in [-0.39, 0.29) is 11.8 Å². The largest absolute Gasteiger partial charge is 0.354 e. The van der Waals surface area contributed by atoms with Gasteiger partial charge in [0.15, 0.2) is 0 Å². The van der Waals surface area contributed by atoms with Gasteiger partial charge in [0.25, 0.3) is 0 Å². The summed E-state index contributed by atoms with van der Waals surface area (Å²) in [6, 6.07) is 2.03. The van der Waals surface area contributed by atoms with E-state index in [0.717, 1.165) is 13.1 Å². The summed E-state index contributed by atoms with van der Waals surface area (Å²) in [6.07, 6.45) is 0. The lowest BCUT2D eigenvalue weighted by Gasteiger charge is -2.16. The highest BCUT2D eigenvalue weighted by atomic mass is 16.1. The number of rotatable bonds is 6. The fourth-order valence-corrected chi connectivity index (χ4v) is 1.15. The third-order valence-corrected chi connectivity index (χ3v) is 2.42. The zero-order valence-corrected chi connectivity index (χ0v) is 10.1. The highest BCUT2D eigenvalue weighted by molar-refractivity contribution is 5.81. The van der Waals surface area contributed by atoms with Crippen molar-refractivity contribution in [1.29, 1.82) is 5.26 Å². The zero-order chi connectivity index (χ0) is 11.8. The predicted molar refractivity (Wildman–Crippen MR) is 60.1 cm³/mol. The van der Waals surface area contributed by atoms with E-state index in [1.54, 1.807) is 0 Å². The van der Waals surface area contributed by atoms with Crippen molar-refractivity contribution >= 4 is 5.91 Å². The second-order valence-electron chi connectivity index (χ2n) is 4.04. The van der Waals surface area contributed by atoms with E-state index in [4.69, 9.17) is 5.26 Å². The topological polar surface area (TPSA) is 56.1 Å². The Morgan fingerprint density at radius 1 is 1.53 bits per heavy atom. The van der Waals surface area contributed by atoms with Gasteiger partial charge in [0.2, 0.25) is 5.91 Å². The van der Waals surface area contributed by atoms with E-state index in [2.05, 4.69) is 17.1 Å². The van der Waals surface area contributed by atoms with Gasteiger partial charge in [-0.05, 0) is 19.5 Å². The first-order chi connectivity index (χ1) is 7.02. The van der Waals surface area contributed by atoms with Gasteiger partial charge >= 0.3 is 0 Å². The molecule has 0 saturated carbocycles. The van der Waals surface area contributed by atoms with Gasteiger partial charge in [-0.25, -0.2) is 0 Å². The van der Waals surface area contributed by atoms with Crippen molar-refractivity contribution in [2.75, 3.05) is 26.7 Å². The van der Waals surface area contributed by atoms with Crippen LogP contribution in [0.5, 0.6) is 0 Å². The lowest BCUT2D eigenvalue weighted by molar-refractivity contribution is -0.124. The van der Waals surface area contributed by atoms with E-state index in [1.807, 2.05) is 27.0 Å². The molecule has 0 spiro atoms. The predicted octanol–water partition coefficient (Wildman–Crippen LogP) is 0.850. The van der Waals surface area contributed by atoms with Crippen molar-refractivity contribution in [1.82, 2.24) is 10.2 Å². The Bertz CT molecular complexity index is 232. The van der Waals surface area contributed by atoms with E-state index < -0.39 is 5.92 Å². The average molecular weight is 211 g/mol. The fraction of sp³-hybridized carbons (Fsp3) is 0.818. The molecule has 0 aliphatic rings. The van der Waals surface area contributed by atoms with Crippen molar-refractivity contribution in [3.63, 3.8) is 0 Å². The molecule has 15 heavy (non-hydrogen) atoms. The number of hydrogen-bond donors (Lipinski definition) is 1. The first-order valence-corrected chi connectivity index (χ1v) is 5.38. The summed E-state index contributed by atoms with van der Waals surface area (Å²) < 4.78 is 0. The second-order valence-corrected chi connectivity index (χ2v) is 4.04. The first-order valence-electron chi connectivity index (χ1n) is 5.38. The number of hydrogen-bond acceptors (Lipinski definition) is 3. The van der Waals surface area contributed by atoms with E-state index in [1.165, 1.54) is 0 Å². The van der Waals surface area contributed by atoms with E-state index >= 15 is 0 Å². The smallest absolute Gasteiger partial charge is 0.237 e. The molecule has 0 aromatic carbocycles. The first kappa shape index (κ1) is 13.9. The molecule has 0 saturated heterocycles. The lowest BCUT2D eigenvalue weighted by atomic mass is 9.97. The maximum Gasteiger partial charge on any atom is 0.237 e. The molecule has 0 aliphatic heterocycles. The Labute approximate surface area is 92.3 Å². The maximum absolute atomic E-state index is 11.5. The molecule has 0 aromatic rings. The molecule has 1 atom stereocenters. The Morgan fingerprint density at radius 2 is 2.13 bits per heavy atom. The van der Waals surface area contributed by atoms with Crippen LogP contribution in [0, 0.1) is 23.2 Å². The molecule has 0 rings (SSSR count). The summed E-state index contributed by atoms with van der Waals surface area (Å²) in [7, 11) is 2.00. The van der Waals surface area contributed by atoms with Crippen molar-refractivity contribution in [3.8, 4) is 6.07 Å². The van der Waals surface area contributed by atoms with Crippen molar-refractivity contribution in [2.24, 2.45) is 11.8 Å². The number of nitrogens with zero attached hydrogens (tertiary/aromatic N) is 2. The summed E-state index contributed by atoms with van der Waals surface area (Å²) >= 11 is 0. The summed E-state index contributed by atoms with van der Waals surface area (Å²) in [6.45, 7) is 8.21. The summed E-state index contributed by atoms with van der Waals surface area (Å²) in [5.74, 6) is -0.618. The van der Waals surface area contributed by atoms with Crippen LogP contribution in [0.2, 0.25) is 0 Å². The molecule has 0 aromatic heterocycles. The maximum atomic E-state index is 11.5. The summed E-state index contributed by atoms with van der Waals surface area (Å²) in [4.78, 5) is 13.6. The normalized spacial score (nSPS) is 12.6. The van der Waals surface area contributed by atoms with Gasteiger partial charge in [-0.3, -0.25) is 4.79 Å². The van der Waals surface area contributed by atoms with Crippen LogP contribution in [0.15, 0.2) is 0 Å². The van der Waals surface area contributed by atoms with Gasteiger partial charge in [0.1, 0.15) is 5.92 Å². The van der Waals surface area contributed by atoms with Gasteiger partial charge in [-0.2, -0.15) is 5.26 Å². The van der Waals surface area contributed by atoms with Crippen molar-refractivity contribution < 1.29 is 4.79 Å². The van der Waals surface area contributed by atoms with Crippen LogP contribution in [0.25, 0.3) is 0 Å². The molecule has 0 aliphatic carbocycles. The van der Waals surface area contributed by atoms with Crippen LogP contribution in [0.3, 0.4) is 0 Å². The number of carbonyl (C=O) groups excluding carboxylic acids is 1. The average Bonchev–Trinajstić information content (AvgIpc) is 2.17. The number of nitrogens with one attached hydrogen (secondary N) is 1. The number of likely N-dealkylation sites (N-methyl/N-ethyl adjacent to an activating group) is 1. The molecule has 0 heterocycles. The Kier molecular flexibility index (Phi) is 6.72. The molecule has 4 heteroatoms. The molecule has 0 radical (unpaired) electrons. The van der Waals surface area contributed by atoms with Gasteiger partial charge in [-0.15, -0.1) is 0 Å². The van der Waals surface area contributed by atoms with Crippen LogP contribution < -0.4 is 5.32 Å². The van der Waals surface area contributed by atoms with E-state index in [9.17, 15) is 4.79 Å². The highest BCUT2D eigenvalue weighted by Gasteiger charge is 2.20. The van der Waals surface area contributed by atoms with Crippen LogP contribution in [0.4, 0.5) is 0 Å². The van der Waals surface area contributed by atoms with Gasteiger partial charge in [-0.1, -0.05) is 20.8 Å². The molecule has 4 nitrogen and oxygen atoms in total. The minimum absolute atomic E-state index is 0.0684. The standard InChI is InChI=1S/C11H21N3O/c1-5-14(4)7-6-13-11(15)10(8-12)9(2)3/h9-10H,5-7H2,1-4H3,(H,13,15).